The lowest BCUT2D eigenvalue weighted by Crippen LogP contribution is -2.28. The summed E-state index contributed by atoms with van der Waals surface area (Å²) in [5, 5.41) is 0.669. The average molecular weight is 253 g/mol. The Morgan fingerprint density at radius 2 is 2.29 bits per heavy atom. The molecule has 0 fully saturated rings. The SMILES string of the molecule is CC#CCCC(NN)c1cc(Cl)ccc1OC. The number of hydrogen-bond donors (Lipinski definition) is 2. The van der Waals surface area contributed by atoms with Crippen LogP contribution in [0.1, 0.15) is 31.4 Å². The van der Waals surface area contributed by atoms with Crippen LogP contribution in [0.5, 0.6) is 5.75 Å². The van der Waals surface area contributed by atoms with E-state index in [0.29, 0.717) is 5.02 Å². The monoisotopic (exact) mass is 252 g/mol. The van der Waals surface area contributed by atoms with Crippen molar-refractivity contribution in [2.45, 2.75) is 25.8 Å². The van der Waals surface area contributed by atoms with E-state index in [1.807, 2.05) is 19.1 Å². The number of hydrogen-bond acceptors (Lipinski definition) is 3. The summed E-state index contributed by atoms with van der Waals surface area (Å²) in [6.45, 7) is 1.82. The molecule has 3 nitrogen and oxygen atoms in total. The largest absolute Gasteiger partial charge is 0.496 e. The van der Waals surface area contributed by atoms with E-state index in [9.17, 15) is 0 Å². The molecule has 3 N–H and O–H groups in total. The molecule has 0 aliphatic rings. The third-order valence-electron chi connectivity index (χ3n) is 2.50. The van der Waals surface area contributed by atoms with Crippen molar-refractivity contribution < 1.29 is 4.74 Å². The number of methoxy groups -OCH3 is 1. The number of halogens is 1. The van der Waals surface area contributed by atoms with Gasteiger partial charge in [0.25, 0.3) is 0 Å². The molecule has 0 aromatic heterocycles. The summed E-state index contributed by atoms with van der Waals surface area (Å²) in [6, 6.07) is 5.49. The number of ether oxygens (including phenoxy) is 1. The van der Waals surface area contributed by atoms with Crippen LogP contribution in [0, 0.1) is 11.8 Å². The molecule has 0 heterocycles. The van der Waals surface area contributed by atoms with Crippen LogP contribution >= 0.6 is 11.6 Å². The van der Waals surface area contributed by atoms with Crippen LogP contribution in [0.4, 0.5) is 0 Å². The zero-order valence-electron chi connectivity index (χ0n) is 10.1. The van der Waals surface area contributed by atoms with Gasteiger partial charge in [0.05, 0.1) is 13.2 Å². The van der Waals surface area contributed by atoms with Crippen LogP contribution < -0.4 is 16.0 Å². The second-order valence-electron chi connectivity index (χ2n) is 3.57. The molecule has 1 unspecified atom stereocenters. The van der Waals surface area contributed by atoms with Crippen LogP contribution in [-0.4, -0.2) is 7.11 Å². The summed E-state index contributed by atoms with van der Waals surface area (Å²) in [6.07, 6.45) is 1.59. The van der Waals surface area contributed by atoms with Crippen LogP contribution in [0.3, 0.4) is 0 Å². The first-order chi connectivity index (χ1) is 8.22. The first kappa shape index (κ1) is 13.9. The maximum absolute atomic E-state index is 5.98. The van der Waals surface area contributed by atoms with Crippen molar-refractivity contribution in [1.82, 2.24) is 5.43 Å². The normalized spacial score (nSPS) is 11.5. The fourth-order valence-corrected chi connectivity index (χ4v) is 1.83. The van der Waals surface area contributed by atoms with Gasteiger partial charge in [0, 0.05) is 17.0 Å². The number of rotatable bonds is 5. The molecule has 1 aromatic rings. The lowest BCUT2D eigenvalue weighted by molar-refractivity contribution is 0.396. The van der Waals surface area contributed by atoms with Gasteiger partial charge < -0.3 is 4.74 Å². The van der Waals surface area contributed by atoms with Crippen LogP contribution in [0.25, 0.3) is 0 Å². The van der Waals surface area contributed by atoms with Gasteiger partial charge in [-0.2, -0.15) is 0 Å². The summed E-state index contributed by atoms with van der Waals surface area (Å²) in [5.41, 5.74) is 3.73. The van der Waals surface area contributed by atoms with Crippen molar-refractivity contribution in [3.8, 4) is 17.6 Å². The molecule has 0 amide bonds. The summed E-state index contributed by atoms with van der Waals surface area (Å²) < 4.78 is 5.30. The number of nitrogens with two attached hydrogens (primary N) is 1. The fraction of sp³-hybridized carbons (Fsp3) is 0.385. The van der Waals surface area contributed by atoms with Gasteiger partial charge in [-0.15, -0.1) is 11.8 Å². The molecule has 0 radical (unpaired) electrons. The topological polar surface area (TPSA) is 47.3 Å². The molecule has 0 bridgehead atoms. The van der Waals surface area contributed by atoms with Crippen LogP contribution in [0.2, 0.25) is 5.02 Å². The molecule has 0 aliphatic heterocycles. The van der Waals surface area contributed by atoms with Crippen molar-refractivity contribution in [2.24, 2.45) is 5.84 Å². The lowest BCUT2D eigenvalue weighted by atomic mass is 10.0. The van der Waals surface area contributed by atoms with Crippen LogP contribution in [-0.2, 0) is 0 Å². The average Bonchev–Trinajstić information content (AvgIpc) is 2.35. The molecule has 0 saturated heterocycles. The van der Waals surface area contributed by atoms with Gasteiger partial charge in [-0.25, -0.2) is 0 Å². The van der Waals surface area contributed by atoms with Crippen molar-refractivity contribution in [1.29, 1.82) is 0 Å². The first-order valence-corrected chi connectivity index (χ1v) is 5.80. The first-order valence-electron chi connectivity index (χ1n) is 5.42. The van der Waals surface area contributed by atoms with Gasteiger partial charge in [-0.05, 0) is 31.5 Å². The van der Waals surface area contributed by atoms with Gasteiger partial charge in [-0.3, -0.25) is 11.3 Å². The quantitative estimate of drug-likeness (QED) is 0.481. The molecule has 0 spiro atoms. The highest BCUT2D eigenvalue weighted by atomic mass is 35.5. The lowest BCUT2D eigenvalue weighted by Gasteiger charge is -2.18. The highest BCUT2D eigenvalue weighted by Gasteiger charge is 2.14. The van der Waals surface area contributed by atoms with Gasteiger partial charge in [-0.1, -0.05) is 11.6 Å². The van der Waals surface area contributed by atoms with Crippen molar-refractivity contribution in [3.63, 3.8) is 0 Å². The smallest absolute Gasteiger partial charge is 0.123 e. The molecule has 0 saturated carbocycles. The molecular weight excluding hydrogens is 236 g/mol. The highest BCUT2D eigenvalue weighted by molar-refractivity contribution is 6.30. The standard InChI is InChI=1S/C13H17ClN2O/c1-3-4-5-6-12(16-15)11-9-10(14)7-8-13(11)17-2/h7-9,12,16H,5-6,15H2,1-2H3. The minimum Gasteiger partial charge on any atom is -0.496 e. The minimum atomic E-state index is -0.00972. The van der Waals surface area contributed by atoms with E-state index in [1.54, 1.807) is 13.2 Å². The Morgan fingerprint density at radius 3 is 2.88 bits per heavy atom. The van der Waals surface area contributed by atoms with Crippen molar-refractivity contribution in [2.75, 3.05) is 7.11 Å². The number of hydrazine groups is 1. The number of benzene rings is 1. The Morgan fingerprint density at radius 1 is 1.53 bits per heavy atom. The Hall–Kier alpha value is -1.21. The highest BCUT2D eigenvalue weighted by Crippen LogP contribution is 2.30. The zero-order valence-corrected chi connectivity index (χ0v) is 10.8. The Balaban J connectivity index is 2.91. The summed E-state index contributed by atoms with van der Waals surface area (Å²) in [7, 11) is 1.63. The molecular formula is C13H17ClN2O. The summed E-state index contributed by atoms with van der Waals surface area (Å²) in [4.78, 5) is 0. The van der Waals surface area contributed by atoms with Gasteiger partial charge >= 0.3 is 0 Å². The summed E-state index contributed by atoms with van der Waals surface area (Å²) >= 11 is 5.98. The molecule has 1 atom stereocenters. The fourth-order valence-electron chi connectivity index (χ4n) is 1.65. The van der Waals surface area contributed by atoms with E-state index in [4.69, 9.17) is 22.2 Å². The second-order valence-corrected chi connectivity index (χ2v) is 4.01. The van der Waals surface area contributed by atoms with E-state index < -0.39 is 0 Å². The molecule has 17 heavy (non-hydrogen) atoms. The predicted octanol–water partition coefficient (Wildman–Crippen LogP) is 2.66. The summed E-state index contributed by atoms with van der Waals surface area (Å²) in [5.74, 6) is 12.2. The molecule has 0 aliphatic carbocycles. The van der Waals surface area contributed by atoms with E-state index in [-0.39, 0.29) is 6.04 Å². The van der Waals surface area contributed by atoms with Gasteiger partial charge in [0.2, 0.25) is 0 Å². The van der Waals surface area contributed by atoms with E-state index in [2.05, 4.69) is 17.3 Å². The Labute approximate surface area is 107 Å². The molecule has 1 aromatic carbocycles. The van der Waals surface area contributed by atoms with E-state index in [0.717, 1.165) is 24.2 Å². The second kappa shape index (κ2) is 7.18. The third-order valence-corrected chi connectivity index (χ3v) is 2.74. The third kappa shape index (κ3) is 3.94. The maximum atomic E-state index is 5.98. The zero-order chi connectivity index (χ0) is 12.7. The molecule has 4 heteroatoms. The minimum absolute atomic E-state index is 0.00972. The predicted molar refractivity (Wildman–Crippen MR) is 70.8 cm³/mol. The Bertz CT molecular complexity index is 423. The van der Waals surface area contributed by atoms with Crippen LogP contribution in [0.15, 0.2) is 18.2 Å². The Kier molecular flexibility index (Phi) is 5.85. The van der Waals surface area contributed by atoms with Crippen molar-refractivity contribution >= 4 is 11.6 Å². The van der Waals surface area contributed by atoms with E-state index >= 15 is 0 Å². The van der Waals surface area contributed by atoms with E-state index in [1.165, 1.54) is 0 Å². The maximum Gasteiger partial charge on any atom is 0.123 e. The van der Waals surface area contributed by atoms with Crippen molar-refractivity contribution in [3.05, 3.63) is 28.8 Å². The molecule has 92 valence electrons. The number of nitrogens with one attached hydrogen (secondary N) is 1. The van der Waals surface area contributed by atoms with Gasteiger partial charge in [0.15, 0.2) is 0 Å². The van der Waals surface area contributed by atoms with Gasteiger partial charge in [0.1, 0.15) is 5.75 Å². The molecule has 1 rings (SSSR count).